The molecular weight excluding hydrogens is 340 g/mol. The summed E-state index contributed by atoms with van der Waals surface area (Å²) in [7, 11) is 0. The summed E-state index contributed by atoms with van der Waals surface area (Å²) in [4.78, 5) is 17.0. The summed E-state index contributed by atoms with van der Waals surface area (Å²) in [5.41, 5.74) is 1.68. The van der Waals surface area contributed by atoms with Gasteiger partial charge in [0.1, 0.15) is 5.76 Å². The fourth-order valence-corrected chi connectivity index (χ4v) is 3.20. The molecule has 1 saturated heterocycles. The first-order valence-corrected chi connectivity index (χ1v) is 8.84. The van der Waals surface area contributed by atoms with Gasteiger partial charge in [0.15, 0.2) is 0 Å². The van der Waals surface area contributed by atoms with Gasteiger partial charge in [0.2, 0.25) is 5.91 Å². The Morgan fingerprint density at radius 3 is 2.72 bits per heavy atom. The van der Waals surface area contributed by atoms with E-state index in [-0.39, 0.29) is 11.9 Å². The Labute approximate surface area is 152 Å². The highest BCUT2D eigenvalue weighted by molar-refractivity contribution is 6.30. The standard InChI is InChI=1S/C18H23ClN4O2/c1-13-10-17(21-25-13)12-22-6-8-23(9-7-22)14(2)18(24)20-16-5-3-4-15(19)11-16/h3-5,10-11,14H,6-9,12H2,1-2H3,(H,20,24)/t14-/m1/s1. The molecule has 1 aromatic heterocycles. The Bertz CT molecular complexity index is 725. The van der Waals surface area contributed by atoms with Crippen LogP contribution >= 0.6 is 11.6 Å². The van der Waals surface area contributed by atoms with Crippen molar-refractivity contribution < 1.29 is 9.32 Å². The van der Waals surface area contributed by atoms with Crippen molar-refractivity contribution in [1.29, 1.82) is 0 Å². The van der Waals surface area contributed by atoms with E-state index in [1.807, 2.05) is 32.0 Å². The van der Waals surface area contributed by atoms with Crippen LogP contribution < -0.4 is 5.32 Å². The lowest BCUT2D eigenvalue weighted by Crippen LogP contribution is -2.52. The molecule has 0 aliphatic carbocycles. The first-order valence-electron chi connectivity index (χ1n) is 8.46. The van der Waals surface area contributed by atoms with Gasteiger partial charge in [0.05, 0.1) is 11.7 Å². The maximum Gasteiger partial charge on any atom is 0.241 e. The van der Waals surface area contributed by atoms with Crippen LogP contribution in [0.25, 0.3) is 0 Å². The van der Waals surface area contributed by atoms with Crippen LogP contribution in [0.15, 0.2) is 34.9 Å². The van der Waals surface area contributed by atoms with Gasteiger partial charge in [-0.05, 0) is 32.0 Å². The monoisotopic (exact) mass is 362 g/mol. The number of hydrogen-bond acceptors (Lipinski definition) is 5. The number of carbonyl (C=O) groups excluding carboxylic acids is 1. The fraction of sp³-hybridized carbons (Fsp3) is 0.444. The van der Waals surface area contributed by atoms with Gasteiger partial charge in [-0.25, -0.2) is 0 Å². The minimum atomic E-state index is -0.185. The number of aryl methyl sites for hydroxylation is 1. The van der Waals surface area contributed by atoms with Crippen molar-refractivity contribution in [2.45, 2.75) is 26.4 Å². The van der Waals surface area contributed by atoms with Crippen LogP contribution in [0.1, 0.15) is 18.4 Å². The second kappa shape index (κ2) is 7.99. The molecule has 3 rings (SSSR count). The molecule has 1 atom stereocenters. The van der Waals surface area contributed by atoms with E-state index in [0.29, 0.717) is 5.02 Å². The molecule has 0 saturated carbocycles. The molecule has 0 bridgehead atoms. The zero-order chi connectivity index (χ0) is 17.8. The van der Waals surface area contributed by atoms with Gasteiger partial charge in [-0.2, -0.15) is 0 Å². The zero-order valence-electron chi connectivity index (χ0n) is 14.5. The molecule has 1 aromatic carbocycles. The van der Waals surface area contributed by atoms with E-state index in [4.69, 9.17) is 16.1 Å². The van der Waals surface area contributed by atoms with Gasteiger partial charge >= 0.3 is 0 Å². The first kappa shape index (κ1) is 17.9. The lowest BCUT2D eigenvalue weighted by molar-refractivity contribution is -0.121. The number of aromatic nitrogens is 1. The van der Waals surface area contributed by atoms with Crippen LogP contribution in [0.2, 0.25) is 5.02 Å². The molecule has 1 aliphatic rings. The van der Waals surface area contributed by atoms with E-state index in [2.05, 4.69) is 20.3 Å². The molecule has 7 heteroatoms. The van der Waals surface area contributed by atoms with Gasteiger partial charge < -0.3 is 9.84 Å². The van der Waals surface area contributed by atoms with Crippen LogP contribution in [-0.4, -0.2) is 53.1 Å². The third-order valence-electron chi connectivity index (χ3n) is 4.49. The Balaban J connectivity index is 1.49. The van der Waals surface area contributed by atoms with Crippen LogP contribution in [0, 0.1) is 6.92 Å². The Morgan fingerprint density at radius 1 is 1.32 bits per heavy atom. The van der Waals surface area contributed by atoms with E-state index >= 15 is 0 Å². The number of nitrogens with one attached hydrogen (secondary N) is 1. The van der Waals surface area contributed by atoms with Crippen molar-refractivity contribution in [2.24, 2.45) is 0 Å². The van der Waals surface area contributed by atoms with Gasteiger partial charge in [0, 0.05) is 49.5 Å². The molecular formula is C18H23ClN4O2. The molecule has 2 heterocycles. The largest absolute Gasteiger partial charge is 0.361 e. The van der Waals surface area contributed by atoms with E-state index in [9.17, 15) is 4.79 Å². The minimum Gasteiger partial charge on any atom is -0.361 e. The second-order valence-corrected chi connectivity index (χ2v) is 6.85. The number of amides is 1. The average Bonchev–Trinajstić information content (AvgIpc) is 3.00. The molecule has 0 spiro atoms. The average molecular weight is 363 g/mol. The molecule has 1 amide bonds. The SMILES string of the molecule is Cc1cc(CN2CCN([C@H](C)C(=O)Nc3cccc(Cl)c3)CC2)no1. The molecule has 6 nitrogen and oxygen atoms in total. The molecule has 0 unspecified atom stereocenters. The number of halogens is 1. The molecule has 1 aliphatic heterocycles. The summed E-state index contributed by atoms with van der Waals surface area (Å²) < 4.78 is 5.11. The van der Waals surface area contributed by atoms with Gasteiger partial charge in [0.25, 0.3) is 0 Å². The highest BCUT2D eigenvalue weighted by atomic mass is 35.5. The number of nitrogens with zero attached hydrogens (tertiary/aromatic N) is 3. The first-order chi connectivity index (χ1) is 12.0. The van der Waals surface area contributed by atoms with Crippen LogP contribution in [0.5, 0.6) is 0 Å². The summed E-state index contributed by atoms with van der Waals surface area (Å²) in [5.74, 6) is 0.822. The number of piperazine rings is 1. The summed E-state index contributed by atoms with van der Waals surface area (Å²) in [6.45, 7) is 8.13. The molecule has 134 valence electrons. The molecule has 2 aromatic rings. The Morgan fingerprint density at radius 2 is 2.08 bits per heavy atom. The van der Waals surface area contributed by atoms with Crippen LogP contribution in [0.4, 0.5) is 5.69 Å². The predicted molar refractivity (Wildman–Crippen MR) is 97.6 cm³/mol. The summed E-state index contributed by atoms with van der Waals surface area (Å²) in [6, 6.07) is 8.99. The number of benzene rings is 1. The smallest absolute Gasteiger partial charge is 0.241 e. The third kappa shape index (κ3) is 4.81. The lowest BCUT2D eigenvalue weighted by atomic mass is 10.2. The van der Waals surface area contributed by atoms with E-state index in [0.717, 1.165) is 49.9 Å². The summed E-state index contributed by atoms with van der Waals surface area (Å²) >= 11 is 5.96. The zero-order valence-corrected chi connectivity index (χ0v) is 15.3. The lowest BCUT2D eigenvalue weighted by Gasteiger charge is -2.37. The Kier molecular flexibility index (Phi) is 5.73. The van der Waals surface area contributed by atoms with Crippen molar-refractivity contribution in [3.8, 4) is 0 Å². The summed E-state index contributed by atoms with van der Waals surface area (Å²) in [6.07, 6.45) is 0. The minimum absolute atomic E-state index is 0.0113. The molecule has 1 fully saturated rings. The van der Waals surface area contributed by atoms with Gasteiger partial charge in [-0.3, -0.25) is 14.6 Å². The number of rotatable bonds is 5. The quantitative estimate of drug-likeness (QED) is 0.886. The van der Waals surface area contributed by atoms with Crippen molar-refractivity contribution in [3.05, 3.63) is 46.8 Å². The molecule has 1 N–H and O–H groups in total. The van der Waals surface area contributed by atoms with E-state index in [1.54, 1.807) is 12.1 Å². The van der Waals surface area contributed by atoms with E-state index in [1.165, 1.54) is 0 Å². The second-order valence-electron chi connectivity index (χ2n) is 6.42. The van der Waals surface area contributed by atoms with Crippen molar-refractivity contribution >= 4 is 23.2 Å². The van der Waals surface area contributed by atoms with Crippen LogP contribution in [0.3, 0.4) is 0 Å². The van der Waals surface area contributed by atoms with Crippen LogP contribution in [-0.2, 0) is 11.3 Å². The maximum atomic E-state index is 12.5. The molecule has 0 radical (unpaired) electrons. The maximum absolute atomic E-state index is 12.5. The van der Waals surface area contributed by atoms with E-state index < -0.39 is 0 Å². The van der Waals surface area contributed by atoms with Gasteiger partial charge in [-0.1, -0.05) is 22.8 Å². The number of anilines is 1. The highest BCUT2D eigenvalue weighted by Gasteiger charge is 2.26. The fourth-order valence-electron chi connectivity index (χ4n) is 3.01. The van der Waals surface area contributed by atoms with Gasteiger partial charge in [-0.15, -0.1) is 0 Å². The third-order valence-corrected chi connectivity index (χ3v) is 4.72. The number of carbonyl (C=O) groups is 1. The normalized spacial score (nSPS) is 17.4. The van der Waals surface area contributed by atoms with Crippen molar-refractivity contribution in [2.75, 3.05) is 31.5 Å². The Hall–Kier alpha value is -1.89. The summed E-state index contributed by atoms with van der Waals surface area (Å²) in [5, 5.41) is 7.59. The highest BCUT2D eigenvalue weighted by Crippen LogP contribution is 2.16. The molecule has 25 heavy (non-hydrogen) atoms. The number of hydrogen-bond donors (Lipinski definition) is 1. The topological polar surface area (TPSA) is 61.6 Å². The predicted octanol–water partition coefficient (Wildman–Crippen LogP) is 2.78. The van der Waals surface area contributed by atoms with Crippen molar-refractivity contribution in [1.82, 2.24) is 15.0 Å². The van der Waals surface area contributed by atoms with Crippen molar-refractivity contribution in [3.63, 3.8) is 0 Å².